The second kappa shape index (κ2) is 9.14. The summed E-state index contributed by atoms with van der Waals surface area (Å²) in [7, 11) is 0. The van der Waals surface area contributed by atoms with E-state index in [1.807, 2.05) is 6.92 Å². The molecule has 4 heteroatoms. The summed E-state index contributed by atoms with van der Waals surface area (Å²) in [6.07, 6.45) is 5.13. The molecule has 0 aromatic heterocycles. The molecule has 1 heterocycles. The van der Waals surface area contributed by atoms with Crippen molar-refractivity contribution in [3.8, 4) is 0 Å². The molecule has 0 spiro atoms. The normalized spacial score (nSPS) is 17.4. The van der Waals surface area contributed by atoms with Crippen LogP contribution in [0, 0.1) is 5.92 Å². The van der Waals surface area contributed by atoms with Crippen molar-refractivity contribution < 1.29 is 11.0 Å². The number of amides is 1. The molecule has 1 fully saturated rings. The number of nitrogens with zero attached hydrogens (tertiary/aromatic N) is 1. The zero-order valence-electron chi connectivity index (χ0n) is 13.3. The molecule has 0 aromatic carbocycles. The number of hydrogen-bond acceptors (Lipinski definition) is 3. The number of hydrogen-bond donors (Lipinski definition) is 1. The lowest BCUT2D eigenvalue weighted by molar-refractivity contribution is -0.121. The molecule has 0 bridgehead atoms. The number of allylic oxidation sites excluding steroid dienone is 1. The zero-order chi connectivity index (χ0) is 15.0. The second-order valence-corrected chi connectivity index (χ2v) is 6.11. The first kappa shape index (κ1) is 17.2. The van der Waals surface area contributed by atoms with E-state index in [2.05, 4.69) is 30.6 Å². The first-order chi connectivity index (χ1) is 9.47. The van der Waals surface area contributed by atoms with E-state index in [1.165, 1.54) is 19.3 Å². The summed E-state index contributed by atoms with van der Waals surface area (Å²) in [5, 5.41) is 2.76. The van der Waals surface area contributed by atoms with Gasteiger partial charge >= 0.3 is 0 Å². The molecule has 1 aliphatic rings. The minimum absolute atomic E-state index is 0. The van der Waals surface area contributed by atoms with Crippen molar-refractivity contribution in [2.45, 2.75) is 52.6 Å². The maximum atomic E-state index is 11.6. The van der Waals surface area contributed by atoms with Crippen LogP contribution in [0.3, 0.4) is 0 Å². The summed E-state index contributed by atoms with van der Waals surface area (Å²) in [6.45, 7) is 13.1. The predicted molar refractivity (Wildman–Crippen MR) is 84.6 cm³/mol. The van der Waals surface area contributed by atoms with Crippen molar-refractivity contribution in [3.63, 3.8) is 0 Å². The average Bonchev–Trinajstić information content (AvgIpc) is 2.35. The average molecular weight is 284 g/mol. The highest BCUT2D eigenvalue weighted by Crippen LogP contribution is 2.21. The summed E-state index contributed by atoms with van der Waals surface area (Å²) in [4.78, 5) is 13.9. The number of piperidine rings is 1. The first-order valence-electron chi connectivity index (χ1n) is 7.76. The molecule has 0 atom stereocenters. The van der Waals surface area contributed by atoms with Crippen molar-refractivity contribution in [2.24, 2.45) is 5.92 Å². The molecular weight excluding hydrogens is 252 g/mol. The molecular formula is C16H32N2O2. The van der Waals surface area contributed by atoms with Gasteiger partial charge in [-0.2, -0.15) is 0 Å². The van der Waals surface area contributed by atoms with Gasteiger partial charge in [0.15, 0.2) is 0 Å². The van der Waals surface area contributed by atoms with Gasteiger partial charge in [0.05, 0.1) is 12.6 Å². The number of ether oxygens (including phenoxy) is 1. The van der Waals surface area contributed by atoms with Gasteiger partial charge in [-0.05, 0) is 65.5 Å². The van der Waals surface area contributed by atoms with Crippen molar-refractivity contribution in [3.05, 3.63) is 12.3 Å². The summed E-state index contributed by atoms with van der Waals surface area (Å²) >= 11 is 0. The highest BCUT2D eigenvalue weighted by Gasteiger charge is 2.20. The van der Waals surface area contributed by atoms with Crippen LogP contribution >= 0.6 is 0 Å². The lowest BCUT2D eigenvalue weighted by Crippen LogP contribution is -2.41. The van der Waals surface area contributed by atoms with Gasteiger partial charge < -0.3 is 10.1 Å². The van der Waals surface area contributed by atoms with E-state index >= 15 is 0 Å². The molecule has 0 aromatic rings. The van der Waals surface area contributed by atoms with Crippen molar-refractivity contribution >= 4 is 5.91 Å². The van der Waals surface area contributed by atoms with Gasteiger partial charge in [0.1, 0.15) is 0 Å². The van der Waals surface area contributed by atoms with Crippen LogP contribution in [0.5, 0.6) is 0 Å². The Hall–Kier alpha value is -0.870. The Morgan fingerprint density at radius 1 is 1.45 bits per heavy atom. The molecule has 1 N–H and O–H groups in total. The molecule has 1 aliphatic heterocycles. The monoisotopic (exact) mass is 284 g/mol. The molecule has 1 rings (SSSR count). The SMILES string of the molecule is C=C(C)NC(=O)CN1CCC(CCCOC(C)C)CC1.[HH]. The number of carbonyl (C=O) groups excluding carboxylic acids is 1. The third-order valence-corrected chi connectivity index (χ3v) is 3.64. The molecule has 118 valence electrons. The smallest absolute Gasteiger partial charge is 0.238 e. The lowest BCUT2D eigenvalue weighted by atomic mass is 9.92. The van der Waals surface area contributed by atoms with E-state index in [0.717, 1.165) is 37.7 Å². The van der Waals surface area contributed by atoms with Gasteiger partial charge in [-0.1, -0.05) is 6.58 Å². The largest absolute Gasteiger partial charge is 0.379 e. The van der Waals surface area contributed by atoms with Crippen LogP contribution in [-0.2, 0) is 9.53 Å². The Labute approximate surface area is 125 Å². The van der Waals surface area contributed by atoms with Gasteiger partial charge in [0.2, 0.25) is 5.91 Å². The van der Waals surface area contributed by atoms with Crippen molar-refractivity contribution in [2.75, 3.05) is 26.2 Å². The molecule has 1 amide bonds. The van der Waals surface area contributed by atoms with E-state index in [4.69, 9.17) is 4.74 Å². The topological polar surface area (TPSA) is 41.6 Å². The van der Waals surface area contributed by atoms with Crippen LogP contribution in [0.15, 0.2) is 12.3 Å². The maximum absolute atomic E-state index is 11.6. The van der Waals surface area contributed by atoms with Crippen LogP contribution in [-0.4, -0.2) is 43.2 Å². The number of rotatable bonds is 8. The fourth-order valence-electron chi connectivity index (χ4n) is 2.60. The van der Waals surface area contributed by atoms with Gasteiger partial charge in [0, 0.05) is 13.7 Å². The van der Waals surface area contributed by atoms with Gasteiger partial charge in [-0.25, -0.2) is 0 Å². The summed E-state index contributed by atoms with van der Waals surface area (Å²) in [5.74, 6) is 0.854. The molecule has 0 radical (unpaired) electrons. The Balaban J connectivity index is 0.00000400. The van der Waals surface area contributed by atoms with E-state index in [9.17, 15) is 4.79 Å². The quantitative estimate of drug-likeness (QED) is 0.697. The molecule has 4 nitrogen and oxygen atoms in total. The molecule has 1 saturated heterocycles. The Kier molecular flexibility index (Phi) is 7.85. The lowest BCUT2D eigenvalue weighted by Gasteiger charge is -2.31. The predicted octanol–water partition coefficient (Wildman–Crippen LogP) is 2.80. The minimum atomic E-state index is 0. The van der Waals surface area contributed by atoms with Crippen LogP contribution in [0.1, 0.15) is 47.9 Å². The van der Waals surface area contributed by atoms with Gasteiger partial charge in [0.25, 0.3) is 0 Å². The van der Waals surface area contributed by atoms with Crippen LogP contribution in [0.25, 0.3) is 0 Å². The second-order valence-electron chi connectivity index (χ2n) is 6.11. The Bertz CT molecular complexity index is 313. The Morgan fingerprint density at radius 2 is 2.10 bits per heavy atom. The Morgan fingerprint density at radius 3 is 2.65 bits per heavy atom. The molecule has 0 unspecified atom stereocenters. The molecule has 0 saturated carbocycles. The highest BCUT2D eigenvalue weighted by atomic mass is 16.5. The fourth-order valence-corrected chi connectivity index (χ4v) is 2.60. The van der Waals surface area contributed by atoms with E-state index in [0.29, 0.717) is 12.6 Å². The minimum Gasteiger partial charge on any atom is -0.379 e. The molecule has 20 heavy (non-hydrogen) atoms. The first-order valence-corrected chi connectivity index (χ1v) is 7.76. The standard InChI is InChI=1S/C16H30N2O2.H2/c1-13(2)17-16(19)12-18-9-7-15(8-10-18)6-5-11-20-14(3)4;/h14-15H,1,5-12H2,2-4H3,(H,17,19);1H. The third-order valence-electron chi connectivity index (χ3n) is 3.64. The van der Waals surface area contributed by atoms with Gasteiger partial charge in [-0.3, -0.25) is 9.69 Å². The number of likely N-dealkylation sites (tertiary alicyclic amines) is 1. The zero-order valence-corrected chi connectivity index (χ0v) is 13.3. The van der Waals surface area contributed by atoms with Gasteiger partial charge in [-0.15, -0.1) is 0 Å². The summed E-state index contributed by atoms with van der Waals surface area (Å²) < 4.78 is 5.57. The van der Waals surface area contributed by atoms with Crippen molar-refractivity contribution in [1.82, 2.24) is 10.2 Å². The number of nitrogens with one attached hydrogen (secondary N) is 1. The third kappa shape index (κ3) is 7.65. The van der Waals surface area contributed by atoms with Crippen LogP contribution in [0.4, 0.5) is 0 Å². The van der Waals surface area contributed by atoms with Crippen molar-refractivity contribution in [1.29, 1.82) is 0 Å². The van der Waals surface area contributed by atoms with E-state index in [-0.39, 0.29) is 7.33 Å². The fraction of sp³-hybridized carbons (Fsp3) is 0.812. The number of carbonyl (C=O) groups is 1. The van der Waals surface area contributed by atoms with E-state index < -0.39 is 0 Å². The molecule has 0 aliphatic carbocycles. The maximum Gasteiger partial charge on any atom is 0.238 e. The highest BCUT2D eigenvalue weighted by molar-refractivity contribution is 5.79. The summed E-state index contributed by atoms with van der Waals surface area (Å²) in [5.41, 5.74) is 0.718. The summed E-state index contributed by atoms with van der Waals surface area (Å²) in [6, 6.07) is 0. The van der Waals surface area contributed by atoms with Crippen LogP contribution < -0.4 is 5.32 Å². The van der Waals surface area contributed by atoms with E-state index in [1.54, 1.807) is 0 Å². The van der Waals surface area contributed by atoms with Crippen LogP contribution in [0.2, 0.25) is 0 Å².